The highest BCUT2D eigenvalue weighted by Crippen LogP contribution is 2.34. The van der Waals surface area contributed by atoms with Crippen LogP contribution in [0.3, 0.4) is 0 Å². The van der Waals surface area contributed by atoms with Gasteiger partial charge < -0.3 is 0 Å². The van der Waals surface area contributed by atoms with Crippen molar-refractivity contribution in [2.24, 2.45) is 10.8 Å². The van der Waals surface area contributed by atoms with Crippen LogP contribution in [0.1, 0.15) is 41.0 Å². The summed E-state index contributed by atoms with van der Waals surface area (Å²) < 4.78 is 0. The average Bonchev–Trinajstić information content (AvgIpc) is 1.55. The van der Waals surface area contributed by atoms with E-state index in [9.17, 15) is 0 Å². The first-order valence-electron chi connectivity index (χ1n) is 3.91. The molecular weight excluding hydrogens is 140 g/mol. The maximum Gasteiger partial charge on any atom is 0.128 e. The normalized spacial score (nSPS) is 13.6. The Balaban J connectivity index is 3.91. The van der Waals surface area contributed by atoms with E-state index >= 15 is 0 Å². The van der Waals surface area contributed by atoms with Crippen molar-refractivity contribution < 1.29 is 10.1 Å². The predicted octanol–water partition coefficient (Wildman–Crippen LogP) is 3.10. The molecule has 0 bridgehead atoms. The molecule has 0 spiro atoms. The first-order valence-corrected chi connectivity index (χ1v) is 3.91. The molecule has 0 aliphatic heterocycles. The van der Waals surface area contributed by atoms with Crippen molar-refractivity contribution in [3.63, 3.8) is 0 Å². The van der Waals surface area contributed by atoms with Crippen LogP contribution in [0.2, 0.25) is 0 Å². The Bertz CT molecular complexity index is 111. The summed E-state index contributed by atoms with van der Waals surface area (Å²) in [7, 11) is 0. The lowest BCUT2D eigenvalue weighted by Gasteiger charge is -2.30. The third-order valence-electron chi connectivity index (χ3n) is 1.36. The fourth-order valence-corrected chi connectivity index (χ4v) is 1.55. The monoisotopic (exact) mass is 159 g/mol. The molecule has 1 N–H and O–H groups in total. The van der Waals surface area contributed by atoms with Gasteiger partial charge in [-0.2, -0.15) is 0 Å². The fraction of sp³-hybridized carbons (Fsp3) is 0.889. The average molecular weight is 159 g/mol. The van der Waals surface area contributed by atoms with Gasteiger partial charge in [0.05, 0.1) is 0 Å². The van der Waals surface area contributed by atoms with E-state index in [1.807, 2.05) is 13.8 Å². The Morgan fingerprint density at radius 1 is 1.18 bits per heavy atom. The minimum atomic E-state index is -0.0625. The van der Waals surface area contributed by atoms with E-state index in [0.29, 0.717) is 0 Å². The van der Waals surface area contributed by atoms with Gasteiger partial charge in [-0.25, -0.2) is 4.89 Å². The van der Waals surface area contributed by atoms with Crippen LogP contribution in [-0.2, 0) is 4.89 Å². The Morgan fingerprint density at radius 2 is 1.64 bits per heavy atom. The lowest BCUT2D eigenvalue weighted by molar-refractivity contribution is -0.226. The summed E-state index contributed by atoms with van der Waals surface area (Å²) in [5.41, 5.74) is 0.200. The summed E-state index contributed by atoms with van der Waals surface area (Å²) in [6.07, 6.45) is 0.987. The number of rotatable bonds is 3. The Hall–Kier alpha value is -0.0800. The summed E-state index contributed by atoms with van der Waals surface area (Å²) in [4.78, 5) is 4.03. The molecule has 2 nitrogen and oxygen atoms in total. The molecule has 0 amide bonds. The highest BCUT2D eigenvalue weighted by Gasteiger charge is 2.26. The maximum atomic E-state index is 8.24. The van der Waals surface area contributed by atoms with E-state index < -0.39 is 0 Å². The highest BCUT2D eigenvalue weighted by molar-refractivity contribution is 4.81. The molecule has 0 aromatic heterocycles. The minimum absolute atomic E-state index is 0.0625. The Labute approximate surface area is 69.5 Å². The molecule has 1 radical (unpaired) electrons. The van der Waals surface area contributed by atoms with Crippen molar-refractivity contribution in [3.8, 4) is 0 Å². The van der Waals surface area contributed by atoms with Crippen molar-refractivity contribution in [1.29, 1.82) is 0 Å². The molecule has 0 aromatic rings. The van der Waals surface area contributed by atoms with Gasteiger partial charge in [-0.3, -0.25) is 5.26 Å². The van der Waals surface area contributed by atoms with Crippen LogP contribution < -0.4 is 0 Å². The molecule has 0 aliphatic rings. The third kappa shape index (κ3) is 6.32. The lowest BCUT2D eigenvalue weighted by Crippen LogP contribution is -2.21. The van der Waals surface area contributed by atoms with E-state index in [1.165, 1.54) is 6.61 Å². The van der Waals surface area contributed by atoms with Crippen molar-refractivity contribution in [2.45, 2.75) is 41.0 Å². The van der Waals surface area contributed by atoms with Crippen LogP contribution in [-0.4, -0.2) is 5.26 Å². The molecule has 11 heavy (non-hydrogen) atoms. The van der Waals surface area contributed by atoms with Crippen molar-refractivity contribution in [3.05, 3.63) is 6.61 Å². The van der Waals surface area contributed by atoms with E-state index in [-0.39, 0.29) is 10.8 Å². The first kappa shape index (κ1) is 10.9. The van der Waals surface area contributed by atoms with Gasteiger partial charge in [0.1, 0.15) is 6.61 Å². The fourth-order valence-electron chi connectivity index (χ4n) is 1.55. The molecule has 0 aliphatic carbocycles. The summed E-state index contributed by atoms with van der Waals surface area (Å²) in [6.45, 7) is 12.0. The summed E-state index contributed by atoms with van der Waals surface area (Å²) in [5.74, 6) is 0. The topological polar surface area (TPSA) is 29.5 Å². The second-order valence-corrected chi connectivity index (χ2v) is 4.95. The number of hydrogen-bond acceptors (Lipinski definition) is 2. The molecule has 0 heterocycles. The molecule has 2 heteroatoms. The van der Waals surface area contributed by atoms with E-state index in [2.05, 4.69) is 25.7 Å². The lowest BCUT2D eigenvalue weighted by atomic mass is 9.77. The van der Waals surface area contributed by atoms with Crippen LogP contribution in [0.15, 0.2) is 0 Å². The van der Waals surface area contributed by atoms with Gasteiger partial charge in [0.15, 0.2) is 0 Å². The van der Waals surface area contributed by atoms with Crippen LogP contribution in [0, 0.1) is 17.4 Å². The molecule has 0 saturated heterocycles. The minimum Gasteiger partial charge on any atom is -0.251 e. The SMILES string of the molecule is CC(C)(C)CC(C)(C)[CH]OO. The molecule has 0 saturated carbocycles. The smallest absolute Gasteiger partial charge is 0.128 e. The quantitative estimate of drug-likeness (QED) is 0.506. The van der Waals surface area contributed by atoms with Crippen LogP contribution >= 0.6 is 0 Å². The summed E-state index contributed by atoms with van der Waals surface area (Å²) in [6, 6.07) is 0. The predicted molar refractivity (Wildman–Crippen MR) is 45.9 cm³/mol. The molecule has 0 atom stereocenters. The zero-order valence-electron chi connectivity index (χ0n) is 8.14. The molecule has 67 valence electrons. The second kappa shape index (κ2) is 3.55. The standard InChI is InChI=1S/C9H19O2/c1-8(2,3)6-9(4,5)7-11-10/h7,10H,6H2,1-5H3. The van der Waals surface area contributed by atoms with Gasteiger partial charge >= 0.3 is 0 Å². The van der Waals surface area contributed by atoms with Gasteiger partial charge in [0.2, 0.25) is 0 Å². The van der Waals surface area contributed by atoms with Crippen LogP contribution in [0.4, 0.5) is 0 Å². The maximum absolute atomic E-state index is 8.24. The molecule has 0 fully saturated rings. The van der Waals surface area contributed by atoms with E-state index in [0.717, 1.165) is 6.42 Å². The molecular formula is C9H19O2. The molecule has 0 aromatic carbocycles. The second-order valence-electron chi connectivity index (χ2n) is 4.95. The van der Waals surface area contributed by atoms with Crippen molar-refractivity contribution in [1.82, 2.24) is 0 Å². The molecule has 0 rings (SSSR count). The van der Waals surface area contributed by atoms with Crippen LogP contribution in [0.25, 0.3) is 0 Å². The van der Waals surface area contributed by atoms with E-state index in [4.69, 9.17) is 5.26 Å². The summed E-state index contributed by atoms with van der Waals surface area (Å²) in [5, 5.41) is 8.24. The molecule has 0 unspecified atom stereocenters. The third-order valence-corrected chi connectivity index (χ3v) is 1.36. The van der Waals surface area contributed by atoms with Gasteiger partial charge in [-0.05, 0) is 17.3 Å². The largest absolute Gasteiger partial charge is 0.251 e. The van der Waals surface area contributed by atoms with Gasteiger partial charge in [0.25, 0.3) is 0 Å². The van der Waals surface area contributed by atoms with Gasteiger partial charge in [-0.15, -0.1) is 0 Å². The van der Waals surface area contributed by atoms with Crippen LogP contribution in [0.5, 0.6) is 0 Å². The summed E-state index contributed by atoms with van der Waals surface area (Å²) >= 11 is 0. The Morgan fingerprint density at radius 3 is 1.91 bits per heavy atom. The van der Waals surface area contributed by atoms with Gasteiger partial charge in [0, 0.05) is 0 Å². The zero-order valence-corrected chi connectivity index (χ0v) is 8.14. The first-order chi connectivity index (χ1) is 4.77. The highest BCUT2D eigenvalue weighted by atomic mass is 17.1. The Kier molecular flexibility index (Phi) is 3.52. The zero-order chi connectivity index (χ0) is 9.12. The van der Waals surface area contributed by atoms with E-state index in [1.54, 1.807) is 0 Å². The van der Waals surface area contributed by atoms with Gasteiger partial charge in [-0.1, -0.05) is 34.6 Å². The number of hydrogen-bond donors (Lipinski definition) is 1. The van der Waals surface area contributed by atoms with Crippen molar-refractivity contribution in [2.75, 3.05) is 0 Å². The van der Waals surface area contributed by atoms with Crippen molar-refractivity contribution >= 4 is 0 Å².